The number of aliphatic carboxylic acids is 1. The molecule has 118 valence electrons. The maximum atomic E-state index is 10.9. The molecule has 0 amide bonds. The van der Waals surface area contributed by atoms with Gasteiger partial charge in [0.2, 0.25) is 0 Å². The lowest BCUT2D eigenvalue weighted by atomic mass is 9.95. The van der Waals surface area contributed by atoms with Gasteiger partial charge < -0.3 is 20.6 Å². The molecule has 1 unspecified atom stereocenters. The fourth-order valence-corrected chi connectivity index (χ4v) is 2.76. The van der Waals surface area contributed by atoms with Crippen LogP contribution in [0.5, 0.6) is 0 Å². The molecule has 1 fully saturated rings. The van der Waals surface area contributed by atoms with Crippen LogP contribution in [0.4, 0.5) is 0 Å². The molecule has 5 heteroatoms. The van der Waals surface area contributed by atoms with Gasteiger partial charge in [-0.3, -0.25) is 4.79 Å². The lowest BCUT2D eigenvalue weighted by Crippen LogP contribution is -2.44. The Morgan fingerprint density at radius 1 is 1.40 bits per heavy atom. The number of carboxylic acid groups (broad SMARTS) is 1. The second-order valence-corrected chi connectivity index (χ2v) is 6.69. The molecule has 0 aliphatic carbocycles. The zero-order chi connectivity index (χ0) is 15.2. The van der Waals surface area contributed by atoms with E-state index in [0.717, 1.165) is 31.8 Å². The van der Waals surface area contributed by atoms with Crippen LogP contribution in [-0.2, 0) is 4.79 Å². The zero-order valence-electron chi connectivity index (χ0n) is 13.3. The monoisotopic (exact) mass is 285 g/mol. The van der Waals surface area contributed by atoms with Crippen molar-refractivity contribution in [3.63, 3.8) is 0 Å². The first-order valence-electron chi connectivity index (χ1n) is 7.70. The van der Waals surface area contributed by atoms with Gasteiger partial charge in [0.15, 0.2) is 0 Å². The van der Waals surface area contributed by atoms with Crippen molar-refractivity contribution < 1.29 is 9.90 Å². The van der Waals surface area contributed by atoms with Crippen molar-refractivity contribution in [1.29, 1.82) is 0 Å². The predicted octanol–water partition coefficient (Wildman–Crippen LogP) is 1.23. The number of carboxylic acids is 1. The Morgan fingerprint density at radius 3 is 2.55 bits per heavy atom. The molecule has 1 heterocycles. The van der Waals surface area contributed by atoms with E-state index in [4.69, 9.17) is 10.8 Å². The fraction of sp³-hybridized carbons (Fsp3) is 0.933. The minimum Gasteiger partial charge on any atom is -0.480 e. The Morgan fingerprint density at radius 2 is 2.00 bits per heavy atom. The molecule has 1 rings (SSSR count). The van der Waals surface area contributed by atoms with Gasteiger partial charge in [0.1, 0.15) is 5.54 Å². The van der Waals surface area contributed by atoms with Gasteiger partial charge in [0.05, 0.1) is 0 Å². The topological polar surface area (TPSA) is 69.8 Å². The van der Waals surface area contributed by atoms with Crippen LogP contribution in [0.1, 0.15) is 39.0 Å². The average molecular weight is 285 g/mol. The molecule has 20 heavy (non-hydrogen) atoms. The third-order valence-corrected chi connectivity index (χ3v) is 4.38. The number of carbonyl (C=O) groups is 1. The highest BCUT2D eigenvalue weighted by Crippen LogP contribution is 2.17. The molecular weight excluding hydrogens is 254 g/mol. The summed E-state index contributed by atoms with van der Waals surface area (Å²) in [6.45, 7) is 6.21. The summed E-state index contributed by atoms with van der Waals surface area (Å²) in [4.78, 5) is 15.7. The van der Waals surface area contributed by atoms with Gasteiger partial charge in [-0.2, -0.15) is 0 Å². The highest BCUT2D eigenvalue weighted by atomic mass is 16.4. The molecule has 0 spiro atoms. The molecule has 3 N–H and O–H groups in total. The van der Waals surface area contributed by atoms with Crippen molar-refractivity contribution in [3.8, 4) is 0 Å². The quantitative estimate of drug-likeness (QED) is 0.657. The molecular formula is C15H31N3O2. The van der Waals surface area contributed by atoms with E-state index in [1.54, 1.807) is 6.92 Å². The lowest BCUT2D eigenvalue weighted by Gasteiger charge is -2.31. The fourth-order valence-electron chi connectivity index (χ4n) is 2.76. The zero-order valence-corrected chi connectivity index (χ0v) is 13.3. The summed E-state index contributed by atoms with van der Waals surface area (Å²) in [6.07, 6.45) is 5.02. The summed E-state index contributed by atoms with van der Waals surface area (Å²) in [5.41, 5.74) is 4.64. The molecule has 0 aromatic rings. The summed E-state index contributed by atoms with van der Waals surface area (Å²) in [5, 5.41) is 8.95. The van der Waals surface area contributed by atoms with E-state index in [1.807, 2.05) is 0 Å². The molecule has 0 aromatic heterocycles. The van der Waals surface area contributed by atoms with Crippen LogP contribution in [-0.4, -0.2) is 66.7 Å². The van der Waals surface area contributed by atoms with Gasteiger partial charge in [0.25, 0.3) is 0 Å². The molecule has 0 radical (unpaired) electrons. The number of hydrogen-bond donors (Lipinski definition) is 2. The Bertz CT molecular complexity index is 299. The normalized spacial score (nSPS) is 21.1. The minimum absolute atomic E-state index is 0.546. The standard InChI is InChI=1S/C15H31N3O2/c1-15(16,14(19)20)8-4-5-9-18(3)12-13-6-10-17(2)11-7-13/h13H,4-12,16H2,1-3H3,(H,19,20). The first kappa shape index (κ1) is 17.4. The number of piperidine rings is 1. The van der Waals surface area contributed by atoms with E-state index in [2.05, 4.69) is 23.9 Å². The number of hydrogen-bond acceptors (Lipinski definition) is 4. The Kier molecular flexibility index (Phi) is 6.92. The van der Waals surface area contributed by atoms with E-state index in [-0.39, 0.29) is 0 Å². The van der Waals surface area contributed by atoms with Crippen molar-refractivity contribution >= 4 is 5.97 Å². The molecule has 1 aliphatic rings. The molecule has 1 atom stereocenters. The summed E-state index contributed by atoms with van der Waals surface area (Å²) < 4.78 is 0. The van der Waals surface area contributed by atoms with Crippen LogP contribution >= 0.6 is 0 Å². The summed E-state index contributed by atoms with van der Waals surface area (Å²) in [5.74, 6) is -0.0906. The van der Waals surface area contributed by atoms with Crippen LogP contribution in [0.15, 0.2) is 0 Å². The van der Waals surface area contributed by atoms with E-state index >= 15 is 0 Å². The van der Waals surface area contributed by atoms with Crippen LogP contribution in [0.25, 0.3) is 0 Å². The van der Waals surface area contributed by atoms with E-state index in [9.17, 15) is 4.79 Å². The van der Waals surface area contributed by atoms with Gasteiger partial charge in [-0.25, -0.2) is 0 Å². The van der Waals surface area contributed by atoms with Crippen molar-refractivity contribution in [2.75, 3.05) is 40.3 Å². The average Bonchev–Trinajstić information content (AvgIpc) is 2.37. The van der Waals surface area contributed by atoms with Crippen molar-refractivity contribution in [2.45, 2.75) is 44.6 Å². The highest BCUT2D eigenvalue weighted by molar-refractivity contribution is 5.77. The largest absolute Gasteiger partial charge is 0.480 e. The van der Waals surface area contributed by atoms with Crippen molar-refractivity contribution in [1.82, 2.24) is 9.80 Å². The first-order valence-corrected chi connectivity index (χ1v) is 7.70. The Labute approximate surface area is 123 Å². The Hall–Kier alpha value is -0.650. The maximum absolute atomic E-state index is 10.9. The van der Waals surface area contributed by atoms with E-state index in [0.29, 0.717) is 6.42 Å². The first-order chi connectivity index (χ1) is 9.31. The lowest BCUT2D eigenvalue weighted by molar-refractivity contribution is -0.142. The number of likely N-dealkylation sites (tertiary alicyclic amines) is 1. The highest BCUT2D eigenvalue weighted by Gasteiger charge is 2.26. The number of rotatable bonds is 8. The van der Waals surface area contributed by atoms with Crippen LogP contribution in [0, 0.1) is 5.92 Å². The maximum Gasteiger partial charge on any atom is 0.323 e. The van der Waals surface area contributed by atoms with Gasteiger partial charge in [-0.05, 0) is 78.7 Å². The van der Waals surface area contributed by atoms with Crippen LogP contribution in [0.2, 0.25) is 0 Å². The smallest absolute Gasteiger partial charge is 0.323 e. The van der Waals surface area contributed by atoms with Crippen LogP contribution in [0.3, 0.4) is 0 Å². The predicted molar refractivity (Wildman–Crippen MR) is 81.8 cm³/mol. The van der Waals surface area contributed by atoms with Crippen LogP contribution < -0.4 is 5.73 Å². The van der Waals surface area contributed by atoms with Gasteiger partial charge in [0, 0.05) is 6.54 Å². The number of unbranched alkanes of at least 4 members (excludes halogenated alkanes) is 1. The van der Waals surface area contributed by atoms with Crippen molar-refractivity contribution in [3.05, 3.63) is 0 Å². The van der Waals surface area contributed by atoms with E-state index < -0.39 is 11.5 Å². The number of nitrogens with zero attached hydrogens (tertiary/aromatic N) is 2. The molecule has 1 aliphatic heterocycles. The minimum atomic E-state index is -1.08. The molecule has 0 aromatic carbocycles. The van der Waals surface area contributed by atoms with E-state index in [1.165, 1.54) is 25.9 Å². The van der Waals surface area contributed by atoms with Gasteiger partial charge in [-0.15, -0.1) is 0 Å². The Balaban J connectivity index is 2.11. The second-order valence-electron chi connectivity index (χ2n) is 6.69. The van der Waals surface area contributed by atoms with Gasteiger partial charge in [-0.1, -0.05) is 0 Å². The number of nitrogens with two attached hydrogens (primary N) is 1. The summed E-state index contributed by atoms with van der Waals surface area (Å²) in [6, 6.07) is 0. The third kappa shape index (κ3) is 6.20. The molecule has 5 nitrogen and oxygen atoms in total. The third-order valence-electron chi connectivity index (χ3n) is 4.38. The molecule has 0 saturated carbocycles. The second kappa shape index (κ2) is 7.96. The van der Waals surface area contributed by atoms with Crippen molar-refractivity contribution in [2.24, 2.45) is 11.7 Å². The summed E-state index contributed by atoms with van der Waals surface area (Å²) in [7, 11) is 4.35. The summed E-state index contributed by atoms with van der Waals surface area (Å²) >= 11 is 0. The SMILES string of the molecule is CN1CCC(CN(C)CCCCC(C)(N)C(=O)O)CC1. The molecule has 1 saturated heterocycles. The van der Waals surface area contributed by atoms with Gasteiger partial charge >= 0.3 is 5.97 Å². The molecule has 0 bridgehead atoms.